The fourth-order valence-electron chi connectivity index (χ4n) is 4.78. The number of rotatable bonds is 8. The van der Waals surface area contributed by atoms with Crippen LogP contribution in [0.4, 0.5) is 0 Å². The fraction of sp³-hybridized carbons (Fsp3) is 0.423. The maximum atomic E-state index is 13.4. The van der Waals surface area contributed by atoms with Crippen molar-refractivity contribution in [3.63, 3.8) is 0 Å². The lowest BCUT2D eigenvalue weighted by atomic mass is 9.95. The minimum Gasteiger partial charge on any atom is -0.352 e. The number of nitrogens with zero attached hydrogens (tertiary/aromatic N) is 2. The first kappa shape index (κ1) is 26.3. The fourth-order valence-corrected chi connectivity index (χ4v) is 6.79. The van der Waals surface area contributed by atoms with Crippen LogP contribution in [0.1, 0.15) is 61.4 Å². The van der Waals surface area contributed by atoms with Gasteiger partial charge in [0.2, 0.25) is 11.8 Å². The average molecular weight is 577 g/mol. The monoisotopic (exact) mass is 575 g/mol. The quantitative estimate of drug-likeness (QED) is 0.515. The molecule has 1 saturated carbocycles. The Balaban J connectivity index is 1.50. The van der Waals surface area contributed by atoms with Crippen molar-refractivity contribution in [2.45, 2.75) is 69.0 Å². The Bertz CT molecular complexity index is 1260. The molecular weight excluding hydrogens is 546 g/mol. The van der Waals surface area contributed by atoms with Gasteiger partial charge in [0.15, 0.2) is 0 Å². The normalized spacial score (nSPS) is 17.9. The number of fused-ring (bicyclic) bond motifs is 1. The molecule has 8 nitrogen and oxygen atoms in total. The molecule has 2 aliphatic rings. The molecule has 1 aliphatic carbocycles. The van der Waals surface area contributed by atoms with Crippen LogP contribution < -0.4 is 5.32 Å². The van der Waals surface area contributed by atoms with Crippen molar-refractivity contribution in [1.82, 2.24) is 14.5 Å². The van der Waals surface area contributed by atoms with E-state index >= 15 is 0 Å². The molecule has 1 heterocycles. The van der Waals surface area contributed by atoms with Crippen molar-refractivity contribution in [3.8, 4) is 0 Å². The van der Waals surface area contributed by atoms with E-state index in [1.165, 1.54) is 17.0 Å². The first-order valence-electron chi connectivity index (χ1n) is 12.2. The van der Waals surface area contributed by atoms with E-state index in [4.69, 9.17) is 0 Å². The lowest BCUT2D eigenvalue weighted by molar-refractivity contribution is -0.141. The Labute approximate surface area is 220 Å². The van der Waals surface area contributed by atoms with Gasteiger partial charge in [0.05, 0.1) is 5.56 Å². The van der Waals surface area contributed by atoms with E-state index in [1.54, 1.807) is 19.1 Å². The number of sulfonamides is 1. The van der Waals surface area contributed by atoms with Crippen LogP contribution in [0.5, 0.6) is 0 Å². The van der Waals surface area contributed by atoms with Crippen molar-refractivity contribution >= 4 is 43.7 Å². The van der Waals surface area contributed by atoms with Gasteiger partial charge in [-0.15, -0.1) is 0 Å². The predicted molar refractivity (Wildman–Crippen MR) is 138 cm³/mol. The Morgan fingerprint density at radius 3 is 2.53 bits per heavy atom. The third kappa shape index (κ3) is 5.64. The average Bonchev–Trinajstić information content (AvgIpc) is 3.06. The van der Waals surface area contributed by atoms with E-state index in [9.17, 15) is 22.8 Å². The van der Waals surface area contributed by atoms with E-state index in [0.29, 0.717) is 0 Å². The molecule has 0 radical (unpaired) electrons. The topological polar surface area (TPSA) is 104 Å². The molecule has 192 valence electrons. The van der Waals surface area contributed by atoms with Gasteiger partial charge < -0.3 is 10.2 Å². The van der Waals surface area contributed by atoms with Gasteiger partial charge in [0, 0.05) is 30.0 Å². The summed E-state index contributed by atoms with van der Waals surface area (Å²) in [5, 5.41) is 3.08. The number of hydrogen-bond acceptors (Lipinski definition) is 5. The highest BCUT2D eigenvalue weighted by Gasteiger charge is 2.41. The second-order valence-electron chi connectivity index (χ2n) is 9.30. The molecule has 0 bridgehead atoms. The summed E-state index contributed by atoms with van der Waals surface area (Å²) in [6, 6.07) is 12.8. The summed E-state index contributed by atoms with van der Waals surface area (Å²) in [5.41, 5.74) is 0.934. The second kappa shape index (κ2) is 11.1. The smallest absolute Gasteiger partial charge is 0.269 e. The van der Waals surface area contributed by atoms with E-state index < -0.39 is 27.9 Å². The van der Waals surface area contributed by atoms with Gasteiger partial charge in [0.1, 0.15) is 10.9 Å². The van der Waals surface area contributed by atoms with Crippen LogP contribution in [-0.2, 0) is 26.2 Å². The lowest BCUT2D eigenvalue weighted by Gasteiger charge is -2.31. The summed E-state index contributed by atoms with van der Waals surface area (Å²) in [5.74, 6) is -1.28. The molecule has 4 rings (SSSR count). The minimum absolute atomic E-state index is 0.0475. The molecule has 1 aliphatic heterocycles. The molecule has 0 aromatic heterocycles. The summed E-state index contributed by atoms with van der Waals surface area (Å²) in [6.45, 7) is 1.57. The third-order valence-electron chi connectivity index (χ3n) is 6.80. The van der Waals surface area contributed by atoms with Gasteiger partial charge in [-0.25, -0.2) is 12.7 Å². The van der Waals surface area contributed by atoms with Crippen LogP contribution in [-0.4, -0.2) is 54.0 Å². The highest BCUT2D eigenvalue weighted by atomic mass is 79.9. The Morgan fingerprint density at radius 1 is 1.11 bits per heavy atom. The molecule has 2 aromatic rings. The molecule has 2 aromatic carbocycles. The van der Waals surface area contributed by atoms with Crippen LogP contribution in [0.3, 0.4) is 0 Å². The molecule has 3 amide bonds. The van der Waals surface area contributed by atoms with E-state index in [0.717, 1.165) is 46.4 Å². The number of nitrogens with one attached hydrogen (secondary N) is 1. The second-order valence-corrected chi connectivity index (χ2v) is 12.0. The highest BCUT2D eigenvalue weighted by molar-refractivity contribution is 9.10. The number of amides is 3. The largest absolute Gasteiger partial charge is 0.352 e. The first-order chi connectivity index (χ1) is 17.2. The molecule has 36 heavy (non-hydrogen) atoms. The molecular formula is C26H30BrN3O5S. The number of hydrogen-bond donors (Lipinski definition) is 1. The molecule has 10 heteroatoms. The Kier molecular flexibility index (Phi) is 8.14. The maximum Gasteiger partial charge on any atom is 0.269 e. The zero-order valence-electron chi connectivity index (χ0n) is 20.2. The maximum absolute atomic E-state index is 13.4. The van der Waals surface area contributed by atoms with Crippen LogP contribution in [0.2, 0.25) is 0 Å². The van der Waals surface area contributed by atoms with Gasteiger partial charge in [-0.3, -0.25) is 14.4 Å². The van der Waals surface area contributed by atoms with E-state index in [2.05, 4.69) is 21.2 Å². The Morgan fingerprint density at radius 2 is 1.83 bits per heavy atom. The van der Waals surface area contributed by atoms with Gasteiger partial charge >= 0.3 is 0 Å². The lowest BCUT2D eigenvalue weighted by Crippen LogP contribution is -2.50. The predicted octanol–water partition coefficient (Wildman–Crippen LogP) is 3.85. The number of carbonyl (C=O) groups is 3. The van der Waals surface area contributed by atoms with Gasteiger partial charge in [-0.2, -0.15) is 0 Å². The van der Waals surface area contributed by atoms with Crippen molar-refractivity contribution < 1.29 is 22.8 Å². The Hall–Kier alpha value is -2.72. The number of halogens is 1. The summed E-state index contributed by atoms with van der Waals surface area (Å²) >= 11 is 3.44. The van der Waals surface area contributed by atoms with Gasteiger partial charge in [0.25, 0.3) is 15.9 Å². The highest BCUT2D eigenvalue weighted by Crippen LogP contribution is 2.30. The third-order valence-corrected chi connectivity index (χ3v) is 9.14. The minimum atomic E-state index is -4.01. The molecule has 0 spiro atoms. The van der Waals surface area contributed by atoms with Crippen molar-refractivity contribution in [2.75, 3.05) is 6.54 Å². The van der Waals surface area contributed by atoms with Crippen LogP contribution in [0, 0.1) is 0 Å². The van der Waals surface area contributed by atoms with E-state index in [1.807, 2.05) is 24.3 Å². The standard InChI is InChI=1S/C26H30BrN3O5S/c1-18(25(32)28-21-10-3-2-4-11-21)29(17-19-8-7-9-20(27)16-19)24(31)14-15-30-26(33)22-12-5-6-13-23(22)36(30,34)35/h5-9,12-13,16,18,21H,2-4,10-11,14-15,17H2,1H3,(H,28,32)/t18-/m0/s1. The molecule has 1 atom stereocenters. The van der Waals surface area contributed by atoms with Crippen LogP contribution in [0.25, 0.3) is 0 Å². The molecule has 0 saturated heterocycles. The summed E-state index contributed by atoms with van der Waals surface area (Å²) in [6.07, 6.45) is 4.92. The SMILES string of the molecule is C[C@@H](C(=O)NC1CCCCC1)N(Cc1cccc(Br)c1)C(=O)CCN1C(=O)c2ccccc2S1(=O)=O. The van der Waals surface area contributed by atoms with Crippen molar-refractivity contribution in [2.24, 2.45) is 0 Å². The molecule has 1 N–H and O–H groups in total. The molecule has 0 unspecified atom stereocenters. The zero-order valence-corrected chi connectivity index (χ0v) is 22.6. The summed E-state index contributed by atoms with van der Waals surface area (Å²) in [4.78, 5) is 40.7. The first-order valence-corrected chi connectivity index (χ1v) is 14.4. The van der Waals surface area contributed by atoms with Crippen molar-refractivity contribution in [3.05, 3.63) is 64.1 Å². The van der Waals surface area contributed by atoms with Gasteiger partial charge in [-0.05, 0) is 49.6 Å². The van der Waals surface area contributed by atoms with Crippen LogP contribution in [0.15, 0.2) is 57.9 Å². The number of benzene rings is 2. The number of carbonyl (C=O) groups excluding carboxylic acids is 3. The zero-order chi connectivity index (χ0) is 25.9. The van der Waals surface area contributed by atoms with Gasteiger partial charge in [-0.1, -0.05) is 59.5 Å². The summed E-state index contributed by atoms with van der Waals surface area (Å²) < 4.78 is 27.4. The van der Waals surface area contributed by atoms with Crippen LogP contribution >= 0.6 is 15.9 Å². The molecule has 1 fully saturated rings. The van der Waals surface area contributed by atoms with E-state index in [-0.39, 0.29) is 41.9 Å². The van der Waals surface area contributed by atoms with Crippen molar-refractivity contribution in [1.29, 1.82) is 0 Å². The summed E-state index contributed by atoms with van der Waals surface area (Å²) in [7, 11) is -4.01.